The summed E-state index contributed by atoms with van der Waals surface area (Å²) in [6.07, 6.45) is -10.4. The van der Waals surface area contributed by atoms with Gasteiger partial charge >= 0.3 is 18.4 Å². The minimum atomic E-state index is -4.61. The van der Waals surface area contributed by atoms with Crippen LogP contribution in [-0.2, 0) is 14.3 Å². The maximum atomic E-state index is 13.6. The zero-order chi connectivity index (χ0) is 41.1. The third-order valence-electron chi connectivity index (χ3n) is 10.5. The van der Waals surface area contributed by atoms with Crippen LogP contribution >= 0.6 is 46.4 Å². The number of carbonyl (C=O) groups excluding carboxylic acids is 3. The van der Waals surface area contributed by atoms with E-state index in [1.54, 1.807) is 71.0 Å². The van der Waals surface area contributed by atoms with Crippen molar-refractivity contribution in [2.45, 2.75) is 102 Å². The summed E-state index contributed by atoms with van der Waals surface area (Å²) in [7, 11) is 0. The number of halogens is 10. The van der Waals surface area contributed by atoms with E-state index in [1.807, 2.05) is 0 Å². The van der Waals surface area contributed by atoms with E-state index in [2.05, 4.69) is 5.32 Å². The molecule has 2 aromatic rings. The van der Waals surface area contributed by atoms with Gasteiger partial charge in [0.2, 0.25) is 11.8 Å². The van der Waals surface area contributed by atoms with Crippen LogP contribution in [0, 0.1) is 10.8 Å². The Kier molecular flexibility index (Phi) is 12.3. The molecule has 4 atom stereocenters. The van der Waals surface area contributed by atoms with Gasteiger partial charge in [0.15, 0.2) is 0 Å². The Morgan fingerprint density at radius 2 is 1.13 bits per heavy atom. The SMILES string of the molecule is C[C@@H]1CN(C(=O)OC(C)(C)C)[C@@H](c2ccc(Cl)c(Cl)c2)CN1C(=O)C1(C(F)(F)F)CC1.C[C@@H]1CN[C@@H](c2ccc(Cl)c(Cl)c2)CN1C(=O)C1(C(F)(F)F)CC1. The molecular weight excluding hydrogens is 820 g/mol. The van der Waals surface area contributed by atoms with E-state index < -0.39 is 58.8 Å². The Bertz CT molecular complexity index is 1800. The average molecular weight is 863 g/mol. The first kappa shape index (κ1) is 43.5. The molecule has 18 heteroatoms. The van der Waals surface area contributed by atoms with Crippen LogP contribution in [0.25, 0.3) is 0 Å². The number of ether oxygens (including phenoxy) is 1. The molecule has 6 rings (SSSR count). The van der Waals surface area contributed by atoms with Gasteiger partial charge in [0.05, 0.1) is 32.2 Å². The summed E-state index contributed by atoms with van der Waals surface area (Å²) in [6, 6.07) is 7.93. The third kappa shape index (κ3) is 9.08. The average Bonchev–Trinajstić information content (AvgIpc) is 4.00. The van der Waals surface area contributed by atoms with Crippen LogP contribution in [0.1, 0.15) is 83.5 Å². The molecule has 0 radical (unpaired) electrons. The van der Waals surface area contributed by atoms with Crippen LogP contribution in [0.2, 0.25) is 20.1 Å². The predicted molar refractivity (Wildman–Crippen MR) is 197 cm³/mol. The van der Waals surface area contributed by atoms with Gasteiger partial charge in [-0.2, -0.15) is 26.3 Å². The molecule has 2 aromatic carbocycles. The molecule has 1 N–H and O–H groups in total. The molecule has 2 saturated heterocycles. The first-order valence-electron chi connectivity index (χ1n) is 17.7. The molecule has 4 fully saturated rings. The molecule has 304 valence electrons. The number of amides is 3. The number of rotatable bonds is 4. The van der Waals surface area contributed by atoms with E-state index >= 15 is 0 Å². The second-order valence-electron chi connectivity index (χ2n) is 15.7. The van der Waals surface area contributed by atoms with Crippen molar-refractivity contribution in [1.29, 1.82) is 0 Å². The standard InChI is InChI=1S/C21H25Cl2F3N2O3.C16H17Cl2F3N2O/c1-12-10-28(18(30)31-19(2,3)4)16(13-5-6-14(22)15(23)9-13)11-27(12)17(29)20(7-8-20)21(24,25)26;1-9-7-22-13(10-2-3-11(17)12(18)6-10)8-23(9)14(24)15(4-5-15)16(19,20)21/h5-6,9,12,16H,7-8,10-11H2,1-4H3;2-3,6,9,13,22H,4-5,7-8H2,1H3/t12-,16-;9-,13-/m11/s1. The van der Waals surface area contributed by atoms with Crippen molar-refractivity contribution >= 4 is 64.3 Å². The monoisotopic (exact) mass is 860 g/mol. The molecule has 0 spiro atoms. The molecule has 2 aliphatic heterocycles. The van der Waals surface area contributed by atoms with Crippen molar-refractivity contribution in [3.63, 3.8) is 0 Å². The normalized spacial score (nSPS) is 24.7. The van der Waals surface area contributed by atoms with E-state index in [-0.39, 0.29) is 62.4 Å². The second kappa shape index (κ2) is 15.6. The van der Waals surface area contributed by atoms with Crippen molar-refractivity contribution < 1.29 is 45.5 Å². The van der Waals surface area contributed by atoms with Crippen molar-refractivity contribution in [3.8, 4) is 0 Å². The van der Waals surface area contributed by atoms with Gasteiger partial charge in [-0.1, -0.05) is 58.5 Å². The van der Waals surface area contributed by atoms with Crippen molar-refractivity contribution in [2.75, 3.05) is 26.2 Å². The number of hydrogen-bond acceptors (Lipinski definition) is 5. The number of nitrogens with zero attached hydrogens (tertiary/aromatic N) is 3. The number of piperazine rings is 2. The van der Waals surface area contributed by atoms with E-state index in [0.29, 0.717) is 27.2 Å². The van der Waals surface area contributed by atoms with Gasteiger partial charge in [-0.15, -0.1) is 0 Å². The Hall–Kier alpha value is -2.65. The molecule has 0 bridgehead atoms. The zero-order valence-corrected chi connectivity index (χ0v) is 33.7. The van der Waals surface area contributed by atoms with Gasteiger partial charge in [-0.25, -0.2) is 4.79 Å². The Balaban J connectivity index is 0.000000218. The van der Waals surface area contributed by atoms with Gasteiger partial charge in [-0.05, 0) is 95.7 Å². The minimum Gasteiger partial charge on any atom is -0.444 e. The summed E-state index contributed by atoms with van der Waals surface area (Å²) in [5.74, 6) is -1.75. The van der Waals surface area contributed by atoms with Crippen LogP contribution in [0.4, 0.5) is 31.1 Å². The molecule has 55 heavy (non-hydrogen) atoms. The summed E-state index contributed by atoms with van der Waals surface area (Å²) in [4.78, 5) is 42.5. The molecular formula is C37H42Cl4F6N4O4. The topological polar surface area (TPSA) is 82.2 Å². The van der Waals surface area contributed by atoms with Gasteiger partial charge in [0.25, 0.3) is 0 Å². The maximum Gasteiger partial charge on any atom is 0.410 e. The summed E-state index contributed by atoms with van der Waals surface area (Å²) < 4.78 is 86.0. The molecule has 2 heterocycles. The Morgan fingerprint density at radius 3 is 1.56 bits per heavy atom. The van der Waals surface area contributed by atoms with Crippen LogP contribution < -0.4 is 5.32 Å². The molecule has 0 aromatic heterocycles. The first-order chi connectivity index (χ1) is 25.3. The van der Waals surface area contributed by atoms with Crippen molar-refractivity contribution in [2.24, 2.45) is 10.8 Å². The molecule has 8 nitrogen and oxygen atoms in total. The molecule has 0 unspecified atom stereocenters. The fourth-order valence-corrected chi connectivity index (χ4v) is 7.54. The van der Waals surface area contributed by atoms with Crippen LogP contribution in [0.3, 0.4) is 0 Å². The van der Waals surface area contributed by atoms with E-state index in [4.69, 9.17) is 51.1 Å². The first-order valence-corrected chi connectivity index (χ1v) is 19.2. The second-order valence-corrected chi connectivity index (χ2v) is 17.4. The van der Waals surface area contributed by atoms with E-state index in [0.717, 1.165) is 5.56 Å². The van der Waals surface area contributed by atoms with Gasteiger partial charge in [-0.3, -0.25) is 14.5 Å². The number of carbonyl (C=O) groups is 3. The fourth-order valence-electron chi connectivity index (χ4n) is 6.92. The number of alkyl halides is 6. The highest BCUT2D eigenvalue weighted by atomic mass is 35.5. The van der Waals surface area contributed by atoms with Gasteiger partial charge in [0.1, 0.15) is 16.4 Å². The number of hydrogen-bond donors (Lipinski definition) is 1. The highest BCUT2D eigenvalue weighted by Gasteiger charge is 2.71. The highest BCUT2D eigenvalue weighted by molar-refractivity contribution is 6.42. The lowest BCUT2D eigenvalue weighted by molar-refractivity contribution is -0.202. The lowest BCUT2D eigenvalue weighted by Gasteiger charge is -2.46. The third-order valence-corrected chi connectivity index (χ3v) is 12.0. The lowest BCUT2D eigenvalue weighted by atomic mass is 9.96. The van der Waals surface area contributed by atoms with Crippen molar-refractivity contribution in [1.82, 2.24) is 20.0 Å². The minimum absolute atomic E-state index is 0.0273. The highest BCUT2D eigenvalue weighted by Crippen LogP contribution is 2.60. The predicted octanol–water partition coefficient (Wildman–Crippen LogP) is 10.0. The van der Waals surface area contributed by atoms with Crippen LogP contribution in [0.15, 0.2) is 36.4 Å². The summed E-state index contributed by atoms with van der Waals surface area (Å²) in [5, 5.41) is 4.59. The molecule has 2 aliphatic carbocycles. The largest absolute Gasteiger partial charge is 0.444 e. The summed E-state index contributed by atoms with van der Waals surface area (Å²) in [6.45, 7) is 9.08. The van der Waals surface area contributed by atoms with Crippen molar-refractivity contribution in [3.05, 3.63) is 67.6 Å². The lowest BCUT2D eigenvalue weighted by Crippen LogP contribution is -2.59. The van der Waals surface area contributed by atoms with Gasteiger partial charge in [0, 0.05) is 38.3 Å². The fraction of sp³-hybridized carbons (Fsp3) is 0.595. The molecule has 4 aliphatic rings. The molecule has 2 saturated carbocycles. The number of nitrogens with one attached hydrogen (secondary N) is 1. The van der Waals surface area contributed by atoms with Gasteiger partial charge < -0.3 is 19.9 Å². The Morgan fingerprint density at radius 1 is 0.673 bits per heavy atom. The summed E-state index contributed by atoms with van der Waals surface area (Å²) in [5.41, 5.74) is -3.91. The van der Waals surface area contributed by atoms with E-state index in [1.165, 1.54) is 14.7 Å². The smallest absolute Gasteiger partial charge is 0.410 e. The van der Waals surface area contributed by atoms with Crippen LogP contribution in [0.5, 0.6) is 0 Å². The molecule has 3 amide bonds. The van der Waals surface area contributed by atoms with E-state index in [9.17, 15) is 40.7 Å². The zero-order valence-electron chi connectivity index (χ0n) is 30.7. The van der Waals surface area contributed by atoms with Crippen LogP contribution in [-0.4, -0.2) is 88.8 Å². The maximum absolute atomic E-state index is 13.6. The summed E-state index contributed by atoms with van der Waals surface area (Å²) >= 11 is 24.1. The number of benzene rings is 2. The quantitative estimate of drug-likeness (QED) is 0.310. The Labute approximate surface area is 335 Å².